The van der Waals surface area contributed by atoms with Crippen molar-refractivity contribution in [2.24, 2.45) is 0 Å². The quantitative estimate of drug-likeness (QED) is 0.401. The lowest BCUT2D eigenvalue weighted by atomic mass is 10.0. The molecule has 1 aliphatic heterocycles. The standard InChI is InChI=1S/C25H21NO2SSi/c1-30(2,18-9-4-3-5-10-18)19-15-16-23(26-17-19)22-13-8-12-21-20-11-6-7-14-24(20)29(27,28)25(21)22/h3-17H,1-2H3. The van der Waals surface area contributed by atoms with E-state index in [0.717, 1.165) is 11.1 Å². The minimum atomic E-state index is -3.56. The van der Waals surface area contributed by atoms with Crippen LogP contribution in [0.2, 0.25) is 13.1 Å². The van der Waals surface area contributed by atoms with Crippen molar-refractivity contribution >= 4 is 28.3 Å². The van der Waals surface area contributed by atoms with Gasteiger partial charge in [-0.1, -0.05) is 91.1 Å². The molecule has 3 nitrogen and oxygen atoms in total. The predicted molar refractivity (Wildman–Crippen MR) is 124 cm³/mol. The van der Waals surface area contributed by atoms with E-state index in [0.29, 0.717) is 21.0 Å². The molecule has 0 saturated heterocycles. The largest absolute Gasteiger partial charge is 0.256 e. The van der Waals surface area contributed by atoms with E-state index < -0.39 is 17.9 Å². The highest BCUT2D eigenvalue weighted by atomic mass is 32.2. The summed E-state index contributed by atoms with van der Waals surface area (Å²) in [6.45, 7) is 4.61. The van der Waals surface area contributed by atoms with Crippen LogP contribution in [0.25, 0.3) is 22.4 Å². The summed E-state index contributed by atoms with van der Waals surface area (Å²) in [5.74, 6) is 0. The lowest BCUT2D eigenvalue weighted by Gasteiger charge is -2.23. The minimum Gasteiger partial charge on any atom is -0.256 e. The van der Waals surface area contributed by atoms with Gasteiger partial charge in [0.25, 0.3) is 0 Å². The molecule has 2 heterocycles. The van der Waals surface area contributed by atoms with Crippen LogP contribution in [-0.4, -0.2) is 21.5 Å². The number of nitrogens with zero attached hydrogens (tertiary/aromatic N) is 1. The lowest BCUT2D eigenvalue weighted by molar-refractivity contribution is 0.599. The molecular formula is C25H21NO2SSi. The maximum Gasteiger partial charge on any atom is 0.208 e. The van der Waals surface area contributed by atoms with Gasteiger partial charge < -0.3 is 0 Å². The molecule has 0 amide bonds. The van der Waals surface area contributed by atoms with Crippen LogP contribution in [0.4, 0.5) is 0 Å². The van der Waals surface area contributed by atoms with Crippen LogP contribution in [0.1, 0.15) is 0 Å². The second-order valence-electron chi connectivity index (χ2n) is 8.10. The topological polar surface area (TPSA) is 47.0 Å². The zero-order valence-corrected chi connectivity index (χ0v) is 18.6. The maximum atomic E-state index is 13.3. The first-order valence-corrected chi connectivity index (χ1v) is 14.4. The van der Waals surface area contributed by atoms with Gasteiger partial charge in [-0.3, -0.25) is 4.98 Å². The van der Waals surface area contributed by atoms with Crippen LogP contribution in [0.15, 0.2) is 101 Å². The Hall–Kier alpha value is -3.02. The van der Waals surface area contributed by atoms with Gasteiger partial charge in [-0.2, -0.15) is 0 Å². The first-order chi connectivity index (χ1) is 14.4. The first kappa shape index (κ1) is 19.0. The number of rotatable bonds is 3. The summed E-state index contributed by atoms with van der Waals surface area (Å²) in [7, 11) is -5.42. The summed E-state index contributed by atoms with van der Waals surface area (Å²) in [6, 6.07) is 27.4. The molecular weight excluding hydrogens is 406 g/mol. The van der Waals surface area contributed by atoms with Crippen molar-refractivity contribution in [3.8, 4) is 22.4 Å². The lowest BCUT2D eigenvalue weighted by Crippen LogP contribution is -2.52. The van der Waals surface area contributed by atoms with Crippen LogP contribution >= 0.6 is 0 Å². The normalized spacial score (nSPS) is 14.2. The summed E-state index contributed by atoms with van der Waals surface area (Å²) >= 11 is 0. The molecule has 0 N–H and O–H groups in total. The van der Waals surface area contributed by atoms with E-state index in [1.165, 1.54) is 10.4 Å². The Morgan fingerprint density at radius 2 is 1.33 bits per heavy atom. The third-order valence-electron chi connectivity index (χ3n) is 6.01. The number of fused-ring (bicyclic) bond motifs is 3. The third kappa shape index (κ3) is 2.77. The zero-order chi connectivity index (χ0) is 20.9. The molecule has 1 aromatic heterocycles. The molecule has 148 valence electrons. The number of aromatic nitrogens is 1. The van der Waals surface area contributed by atoms with Crippen LogP contribution in [0.5, 0.6) is 0 Å². The highest BCUT2D eigenvalue weighted by molar-refractivity contribution is 7.92. The number of pyridine rings is 1. The van der Waals surface area contributed by atoms with E-state index >= 15 is 0 Å². The Morgan fingerprint density at radius 1 is 0.667 bits per heavy atom. The molecule has 0 bridgehead atoms. The van der Waals surface area contributed by atoms with Gasteiger partial charge in [0.1, 0.15) is 8.07 Å². The highest BCUT2D eigenvalue weighted by Crippen LogP contribution is 2.46. The number of sulfone groups is 1. The fourth-order valence-corrected chi connectivity index (χ4v) is 8.34. The first-order valence-electron chi connectivity index (χ1n) is 9.90. The van der Waals surface area contributed by atoms with E-state index in [1.54, 1.807) is 12.1 Å². The Labute approximate surface area is 178 Å². The molecule has 0 aliphatic carbocycles. The van der Waals surface area contributed by atoms with Gasteiger partial charge in [-0.05, 0) is 17.3 Å². The molecule has 0 unspecified atom stereocenters. The van der Waals surface area contributed by atoms with Crippen molar-refractivity contribution < 1.29 is 8.42 Å². The van der Waals surface area contributed by atoms with Gasteiger partial charge >= 0.3 is 0 Å². The molecule has 0 radical (unpaired) electrons. The van der Waals surface area contributed by atoms with Crippen molar-refractivity contribution in [2.45, 2.75) is 22.9 Å². The van der Waals surface area contributed by atoms with Gasteiger partial charge in [-0.15, -0.1) is 0 Å². The molecule has 0 spiro atoms. The highest BCUT2D eigenvalue weighted by Gasteiger charge is 2.35. The number of hydrogen-bond donors (Lipinski definition) is 0. The molecule has 5 rings (SSSR count). The van der Waals surface area contributed by atoms with E-state index in [4.69, 9.17) is 4.98 Å². The third-order valence-corrected chi connectivity index (χ3v) is 11.4. The van der Waals surface area contributed by atoms with Crippen LogP contribution < -0.4 is 10.4 Å². The molecule has 30 heavy (non-hydrogen) atoms. The second-order valence-corrected chi connectivity index (χ2v) is 14.4. The fraction of sp³-hybridized carbons (Fsp3) is 0.0800. The van der Waals surface area contributed by atoms with E-state index in [1.807, 2.05) is 48.7 Å². The van der Waals surface area contributed by atoms with Crippen molar-refractivity contribution in [2.75, 3.05) is 0 Å². The van der Waals surface area contributed by atoms with Gasteiger partial charge in [0.15, 0.2) is 0 Å². The Kier molecular flexibility index (Phi) is 4.27. The zero-order valence-electron chi connectivity index (χ0n) is 16.8. The van der Waals surface area contributed by atoms with Crippen molar-refractivity contribution in [3.63, 3.8) is 0 Å². The molecule has 3 aromatic carbocycles. The molecule has 0 atom stereocenters. The van der Waals surface area contributed by atoms with Crippen molar-refractivity contribution in [1.82, 2.24) is 4.98 Å². The predicted octanol–water partition coefficient (Wildman–Crippen LogP) is 4.38. The van der Waals surface area contributed by atoms with Gasteiger partial charge in [0.05, 0.1) is 15.5 Å². The minimum absolute atomic E-state index is 0.367. The summed E-state index contributed by atoms with van der Waals surface area (Å²) in [5, 5.41) is 2.56. The van der Waals surface area contributed by atoms with Crippen molar-refractivity contribution in [1.29, 1.82) is 0 Å². The number of benzene rings is 3. The van der Waals surface area contributed by atoms with Crippen molar-refractivity contribution in [3.05, 3.63) is 91.1 Å². The fourth-order valence-electron chi connectivity index (χ4n) is 4.22. The van der Waals surface area contributed by atoms with Crippen LogP contribution in [0.3, 0.4) is 0 Å². The molecule has 5 heteroatoms. The van der Waals surface area contributed by atoms with E-state index in [-0.39, 0.29) is 0 Å². The second kappa shape index (κ2) is 6.76. The smallest absolute Gasteiger partial charge is 0.208 e. The summed E-state index contributed by atoms with van der Waals surface area (Å²) in [6.07, 6.45) is 1.92. The Morgan fingerprint density at radius 3 is 2.07 bits per heavy atom. The Balaban J connectivity index is 1.61. The van der Waals surface area contributed by atoms with Crippen LogP contribution in [0, 0.1) is 0 Å². The molecule has 0 saturated carbocycles. The van der Waals surface area contributed by atoms with Gasteiger partial charge in [0, 0.05) is 22.9 Å². The monoisotopic (exact) mass is 427 g/mol. The number of hydrogen-bond acceptors (Lipinski definition) is 3. The summed E-state index contributed by atoms with van der Waals surface area (Å²) < 4.78 is 26.5. The average Bonchev–Trinajstić information content (AvgIpc) is 3.02. The molecule has 1 aliphatic rings. The molecule has 4 aromatic rings. The Bertz CT molecular complexity index is 1360. The molecule has 0 fully saturated rings. The average molecular weight is 428 g/mol. The van der Waals surface area contributed by atoms with Crippen LogP contribution in [-0.2, 0) is 9.84 Å². The van der Waals surface area contributed by atoms with Gasteiger partial charge in [0.2, 0.25) is 9.84 Å². The summed E-state index contributed by atoms with van der Waals surface area (Å²) in [4.78, 5) is 5.46. The van der Waals surface area contributed by atoms with Gasteiger partial charge in [-0.25, -0.2) is 8.42 Å². The summed E-state index contributed by atoms with van der Waals surface area (Å²) in [5.41, 5.74) is 2.87. The van der Waals surface area contributed by atoms with E-state index in [9.17, 15) is 8.42 Å². The maximum absolute atomic E-state index is 13.3. The SMILES string of the molecule is C[Si](C)(c1ccccc1)c1ccc(-c2cccc3c2S(=O)(=O)c2ccccc2-3)nc1. The van der Waals surface area contributed by atoms with E-state index in [2.05, 4.69) is 43.4 Å².